The standard InChI is InChI=1S/C25H30N4O4/c1-33-21-11-9-20(10-12-21)29-17-22(27-25(29)32)24(31)28-15-13-19(16-28)23(30)26-14-5-8-18-6-3-2-4-7-18/h2-4,6-7,9-12,19,22H,5,8,13-17H2,1H3,(H,26,30)(H,27,32). The molecule has 2 heterocycles. The third-order valence-corrected chi connectivity index (χ3v) is 6.25. The number of ether oxygens (including phenoxy) is 1. The van der Waals surface area contributed by atoms with Crippen LogP contribution in [0, 0.1) is 5.92 Å². The Morgan fingerprint density at radius 2 is 1.85 bits per heavy atom. The van der Waals surface area contributed by atoms with Gasteiger partial charge < -0.3 is 20.3 Å². The van der Waals surface area contributed by atoms with Crippen LogP contribution in [-0.2, 0) is 16.0 Å². The molecule has 174 valence electrons. The number of anilines is 1. The maximum absolute atomic E-state index is 13.0. The first kappa shape index (κ1) is 22.6. The van der Waals surface area contributed by atoms with Crippen LogP contribution in [0.5, 0.6) is 5.75 Å². The number of nitrogens with zero attached hydrogens (tertiary/aromatic N) is 2. The van der Waals surface area contributed by atoms with Crippen LogP contribution in [0.25, 0.3) is 0 Å². The van der Waals surface area contributed by atoms with Gasteiger partial charge in [-0.05, 0) is 49.1 Å². The minimum absolute atomic E-state index is 0.00585. The van der Waals surface area contributed by atoms with Crippen LogP contribution >= 0.6 is 0 Å². The number of methoxy groups -OCH3 is 1. The predicted octanol–water partition coefficient (Wildman–Crippen LogP) is 2.19. The Morgan fingerprint density at radius 3 is 2.58 bits per heavy atom. The highest BCUT2D eigenvalue weighted by molar-refractivity contribution is 6.00. The van der Waals surface area contributed by atoms with Crippen LogP contribution in [0.1, 0.15) is 18.4 Å². The van der Waals surface area contributed by atoms with E-state index in [1.165, 1.54) is 5.56 Å². The van der Waals surface area contributed by atoms with Gasteiger partial charge in [-0.25, -0.2) is 4.79 Å². The summed E-state index contributed by atoms with van der Waals surface area (Å²) in [7, 11) is 1.58. The third kappa shape index (κ3) is 5.45. The van der Waals surface area contributed by atoms with Crippen molar-refractivity contribution in [3.63, 3.8) is 0 Å². The summed E-state index contributed by atoms with van der Waals surface area (Å²) in [6.45, 7) is 1.79. The summed E-state index contributed by atoms with van der Waals surface area (Å²) in [6, 6.07) is 16.4. The van der Waals surface area contributed by atoms with E-state index in [-0.39, 0.29) is 30.3 Å². The lowest BCUT2D eigenvalue weighted by atomic mass is 10.1. The smallest absolute Gasteiger partial charge is 0.322 e. The van der Waals surface area contributed by atoms with Gasteiger partial charge >= 0.3 is 6.03 Å². The highest BCUT2D eigenvalue weighted by Crippen LogP contribution is 2.24. The largest absolute Gasteiger partial charge is 0.497 e. The second-order valence-electron chi connectivity index (χ2n) is 8.46. The van der Waals surface area contributed by atoms with Gasteiger partial charge in [-0.1, -0.05) is 30.3 Å². The lowest BCUT2D eigenvalue weighted by Crippen LogP contribution is -2.45. The first-order valence-corrected chi connectivity index (χ1v) is 11.4. The summed E-state index contributed by atoms with van der Waals surface area (Å²) in [5, 5.41) is 5.78. The van der Waals surface area contributed by atoms with Crippen molar-refractivity contribution >= 4 is 23.5 Å². The summed E-state index contributed by atoms with van der Waals surface area (Å²) in [4.78, 5) is 41.2. The summed E-state index contributed by atoms with van der Waals surface area (Å²) in [6.07, 6.45) is 2.43. The number of likely N-dealkylation sites (tertiary alicyclic amines) is 1. The monoisotopic (exact) mass is 450 g/mol. The number of amides is 4. The van der Waals surface area contributed by atoms with Crippen LogP contribution in [-0.4, -0.2) is 62.1 Å². The number of rotatable bonds is 8. The van der Waals surface area contributed by atoms with E-state index in [1.54, 1.807) is 41.2 Å². The second-order valence-corrected chi connectivity index (χ2v) is 8.46. The molecule has 4 rings (SSSR count). The van der Waals surface area contributed by atoms with Crippen molar-refractivity contribution in [1.82, 2.24) is 15.5 Å². The predicted molar refractivity (Wildman–Crippen MR) is 125 cm³/mol. The Hall–Kier alpha value is -3.55. The molecule has 0 radical (unpaired) electrons. The molecule has 0 aliphatic carbocycles. The fourth-order valence-electron chi connectivity index (χ4n) is 4.35. The zero-order valence-electron chi connectivity index (χ0n) is 18.8. The van der Waals surface area contributed by atoms with Gasteiger partial charge in [-0.15, -0.1) is 0 Å². The minimum Gasteiger partial charge on any atom is -0.497 e. The van der Waals surface area contributed by atoms with Crippen LogP contribution in [0.3, 0.4) is 0 Å². The van der Waals surface area contributed by atoms with Crippen LogP contribution in [0.15, 0.2) is 54.6 Å². The Kier molecular flexibility index (Phi) is 7.12. The van der Waals surface area contributed by atoms with Crippen molar-refractivity contribution in [2.45, 2.75) is 25.3 Å². The highest BCUT2D eigenvalue weighted by Gasteiger charge is 2.39. The second kappa shape index (κ2) is 10.4. The number of hydrogen-bond acceptors (Lipinski definition) is 4. The van der Waals surface area contributed by atoms with Crippen molar-refractivity contribution in [3.05, 3.63) is 60.2 Å². The van der Waals surface area contributed by atoms with Crippen LogP contribution in [0.2, 0.25) is 0 Å². The van der Waals surface area contributed by atoms with Gasteiger partial charge in [0.25, 0.3) is 0 Å². The maximum atomic E-state index is 13.0. The van der Waals surface area contributed by atoms with E-state index in [0.29, 0.717) is 37.5 Å². The molecule has 2 atom stereocenters. The molecule has 0 bridgehead atoms. The molecule has 2 aliphatic heterocycles. The molecule has 4 amide bonds. The van der Waals surface area contributed by atoms with E-state index in [4.69, 9.17) is 4.74 Å². The molecule has 0 aromatic heterocycles. The van der Waals surface area contributed by atoms with Gasteiger partial charge in [0, 0.05) is 25.3 Å². The van der Waals surface area contributed by atoms with Gasteiger partial charge in [0.2, 0.25) is 11.8 Å². The zero-order chi connectivity index (χ0) is 23.2. The van der Waals surface area contributed by atoms with Crippen LogP contribution < -0.4 is 20.3 Å². The number of urea groups is 1. The third-order valence-electron chi connectivity index (χ3n) is 6.25. The minimum atomic E-state index is -0.618. The molecule has 2 unspecified atom stereocenters. The Balaban J connectivity index is 1.23. The van der Waals surface area contributed by atoms with E-state index in [1.807, 2.05) is 18.2 Å². The fourth-order valence-corrected chi connectivity index (χ4v) is 4.35. The Morgan fingerprint density at radius 1 is 1.09 bits per heavy atom. The molecule has 2 saturated heterocycles. The van der Waals surface area contributed by atoms with Gasteiger partial charge in [-0.2, -0.15) is 0 Å². The molecule has 0 spiro atoms. The lowest BCUT2D eigenvalue weighted by Gasteiger charge is -2.20. The SMILES string of the molecule is COc1ccc(N2CC(C(=O)N3CCC(C(=O)NCCCc4ccccc4)C3)NC2=O)cc1. The van der Waals surface area contributed by atoms with Gasteiger partial charge in [0.1, 0.15) is 11.8 Å². The molecular weight excluding hydrogens is 420 g/mol. The quantitative estimate of drug-likeness (QED) is 0.604. The van der Waals surface area contributed by atoms with E-state index < -0.39 is 6.04 Å². The molecule has 2 aromatic carbocycles. The average molecular weight is 451 g/mol. The molecule has 8 nitrogen and oxygen atoms in total. The summed E-state index contributed by atoms with van der Waals surface area (Å²) < 4.78 is 5.15. The van der Waals surface area contributed by atoms with Crippen molar-refractivity contribution in [1.29, 1.82) is 0 Å². The Labute approximate surface area is 193 Å². The molecule has 8 heteroatoms. The van der Waals surface area contributed by atoms with E-state index in [9.17, 15) is 14.4 Å². The number of carbonyl (C=O) groups is 3. The Bertz CT molecular complexity index is 980. The molecule has 2 aromatic rings. The summed E-state index contributed by atoms with van der Waals surface area (Å²) in [5.41, 5.74) is 1.96. The molecule has 2 N–H and O–H groups in total. The summed E-state index contributed by atoms with van der Waals surface area (Å²) in [5.74, 6) is 0.348. The first-order chi connectivity index (χ1) is 16.0. The highest BCUT2D eigenvalue weighted by atomic mass is 16.5. The zero-order valence-corrected chi connectivity index (χ0v) is 18.8. The molecular formula is C25H30N4O4. The topological polar surface area (TPSA) is 91.0 Å². The number of carbonyl (C=O) groups excluding carboxylic acids is 3. The van der Waals surface area contributed by atoms with E-state index in [2.05, 4.69) is 22.8 Å². The van der Waals surface area contributed by atoms with Crippen molar-refractivity contribution in [3.8, 4) is 5.75 Å². The van der Waals surface area contributed by atoms with Gasteiger partial charge in [0.05, 0.1) is 19.6 Å². The number of nitrogens with one attached hydrogen (secondary N) is 2. The van der Waals surface area contributed by atoms with Crippen molar-refractivity contribution in [2.75, 3.05) is 38.2 Å². The first-order valence-electron chi connectivity index (χ1n) is 11.4. The van der Waals surface area contributed by atoms with E-state index in [0.717, 1.165) is 12.8 Å². The van der Waals surface area contributed by atoms with Gasteiger partial charge in [0.15, 0.2) is 0 Å². The summed E-state index contributed by atoms with van der Waals surface area (Å²) >= 11 is 0. The van der Waals surface area contributed by atoms with Gasteiger partial charge in [-0.3, -0.25) is 14.5 Å². The van der Waals surface area contributed by atoms with Crippen LogP contribution in [0.4, 0.5) is 10.5 Å². The fraction of sp³-hybridized carbons (Fsp3) is 0.400. The van der Waals surface area contributed by atoms with Crippen molar-refractivity contribution < 1.29 is 19.1 Å². The number of hydrogen-bond donors (Lipinski definition) is 2. The number of aryl methyl sites for hydroxylation is 1. The lowest BCUT2D eigenvalue weighted by molar-refractivity contribution is -0.132. The average Bonchev–Trinajstić information content (AvgIpc) is 3.49. The molecule has 0 saturated carbocycles. The normalized spacial score (nSPS) is 20.0. The van der Waals surface area contributed by atoms with E-state index >= 15 is 0 Å². The molecule has 2 fully saturated rings. The molecule has 33 heavy (non-hydrogen) atoms. The molecule has 2 aliphatic rings. The van der Waals surface area contributed by atoms with Crippen molar-refractivity contribution in [2.24, 2.45) is 5.92 Å². The number of benzene rings is 2. The maximum Gasteiger partial charge on any atom is 0.322 e.